The molecule has 130 valence electrons. The van der Waals surface area contributed by atoms with Crippen LogP contribution in [0.5, 0.6) is 5.75 Å². The van der Waals surface area contributed by atoms with E-state index in [4.69, 9.17) is 9.47 Å². The van der Waals surface area contributed by atoms with E-state index in [0.717, 1.165) is 16.1 Å². The zero-order valence-corrected chi connectivity index (χ0v) is 14.4. The molecular formula is C17H17N3O4S. The monoisotopic (exact) mass is 359 g/mol. The Kier molecular flexibility index (Phi) is 5.30. The predicted molar refractivity (Wildman–Crippen MR) is 93.0 cm³/mol. The van der Waals surface area contributed by atoms with Gasteiger partial charge in [-0.1, -0.05) is 12.1 Å². The highest BCUT2D eigenvalue weighted by molar-refractivity contribution is 7.15. The van der Waals surface area contributed by atoms with Crippen molar-refractivity contribution in [3.8, 4) is 5.75 Å². The molecule has 7 nitrogen and oxygen atoms in total. The summed E-state index contributed by atoms with van der Waals surface area (Å²) < 4.78 is 12.2. The summed E-state index contributed by atoms with van der Waals surface area (Å²) in [6.07, 6.45) is 3.19. The Morgan fingerprint density at radius 1 is 1.36 bits per heavy atom. The van der Waals surface area contributed by atoms with E-state index in [1.165, 1.54) is 17.7 Å². The molecule has 1 N–H and O–H groups in total. The van der Waals surface area contributed by atoms with Crippen LogP contribution >= 0.6 is 11.3 Å². The number of rotatable bonds is 7. The molecule has 0 bridgehead atoms. The number of fused-ring (bicyclic) bond motifs is 1. The van der Waals surface area contributed by atoms with Gasteiger partial charge in [0, 0.05) is 5.38 Å². The third kappa shape index (κ3) is 4.36. The number of thiazole rings is 1. The standard InChI is InChI=1S/C17H17N3O4S/c1-12-3-2-4-13(7-12)23-6-5-19-15(21)9-24-17(22)14-10-25-16-8-18-11-20(14)16/h2-4,7-8,10-11H,5-6,9H2,1H3,(H,19,21). The highest BCUT2D eigenvalue weighted by Gasteiger charge is 2.15. The van der Waals surface area contributed by atoms with Gasteiger partial charge in [-0.25, -0.2) is 9.78 Å². The lowest BCUT2D eigenvalue weighted by Gasteiger charge is -2.08. The van der Waals surface area contributed by atoms with Crippen molar-refractivity contribution in [3.05, 3.63) is 53.4 Å². The summed E-state index contributed by atoms with van der Waals surface area (Å²) >= 11 is 1.38. The van der Waals surface area contributed by atoms with Crippen LogP contribution in [0, 0.1) is 6.92 Å². The Morgan fingerprint density at radius 3 is 3.08 bits per heavy atom. The van der Waals surface area contributed by atoms with Crippen molar-refractivity contribution >= 4 is 28.0 Å². The van der Waals surface area contributed by atoms with Crippen molar-refractivity contribution < 1.29 is 19.1 Å². The number of aryl methyl sites for hydroxylation is 1. The first kappa shape index (κ1) is 17.0. The number of nitrogens with one attached hydrogen (secondary N) is 1. The number of amides is 1. The zero-order valence-electron chi connectivity index (χ0n) is 13.6. The Morgan fingerprint density at radius 2 is 2.24 bits per heavy atom. The molecule has 0 aliphatic rings. The van der Waals surface area contributed by atoms with Crippen LogP contribution in [0.4, 0.5) is 0 Å². The van der Waals surface area contributed by atoms with Crippen LogP contribution in [-0.4, -0.2) is 41.0 Å². The molecule has 8 heteroatoms. The number of hydrogen-bond acceptors (Lipinski definition) is 6. The highest BCUT2D eigenvalue weighted by Crippen LogP contribution is 2.16. The van der Waals surface area contributed by atoms with Gasteiger partial charge in [0.2, 0.25) is 0 Å². The highest BCUT2D eigenvalue weighted by atomic mass is 32.1. The first-order valence-electron chi connectivity index (χ1n) is 7.66. The van der Waals surface area contributed by atoms with Crippen molar-refractivity contribution in [1.82, 2.24) is 14.7 Å². The molecule has 0 fully saturated rings. The molecule has 3 rings (SSSR count). The van der Waals surface area contributed by atoms with Gasteiger partial charge in [-0.2, -0.15) is 0 Å². The minimum atomic E-state index is -0.560. The number of hydrogen-bond donors (Lipinski definition) is 1. The molecule has 0 aliphatic heterocycles. The van der Waals surface area contributed by atoms with E-state index in [9.17, 15) is 9.59 Å². The van der Waals surface area contributed by atoms with Crippen LogP contribution in [0.2, 0.25) is 0 Å². The van der Waals surface area contributed by atoms with E-state index in [0.29, 0.717) is 18.8 Å². The summed E-state index contributed by atoms with van der Waals surface area (Å²) in [6, 6.07) is 7.66. The molecule has 0 unspecified atom stereocenters. The van der Waals surface area contributed by atoms with Crippen molar-refractivity contribution in [2.75, 3.05) is 19.8 Å². The summed E-state index contributed by atoms with van der Waals surface area (Å²) in [5.74, 6) is -0.184. The minimum absolute atomic E-state index is 0.328. The van der Waals surface area contributed by atoms with E-state index in [1.807, 2.05) is 31.2 Å². The SMILES string of the molecule is Cc1cccc(OCCNC(=O)COC(=O)c2csc3cncn23)c1. The molecule has 25 heavy (non-hydrogen) atoms. The van der Waals surface area contributed by atoms with Crippen molar-refractivity contribution in [3.63, 3.8) is 0 Å². The number of aromatic nitrogens is 2. The smallest absolute Gasteiger partial charge is 0.356 e. The van der Waals surface area contributed by atoms with Gasteiger partial charge in [0.25, 0.3) is 5.91 Å². The molecule has 0 saturated heterocycles. The summed E-state index contributed by atoms with van der Waals surface area (Å²) in [5, 5.41) is 4.32. The Labute approximate surface area is 148 Å². The zero-order chi connectivity index (χ0) is 17.6. The Hall–Kier alpha value is -2.87. The summed E-state index contributed by atoms with van der Waals surface area (Å²) in [7, 11) is 0. The van der Waals surface area contributed by atoms with Crippen molar-refractivity contribution in [2.45, 2.75) is 6.92 Å². The largest absolute Gasteiger partial charge is 0.492 e. The van der Waals surface area contributed by atoms with E-state index in [2.05, 4.69) is 10.3 Å². The van der Waals surface area contributed by atoms with Crippen LogP contribution in [0.1, 0.15) is 16.1 Å². The maximum Gasteiger partial charge on any atom is 0.356 e. The molecule has 0 aliphatic carbocycles. The van der Waals surface area contributed by atoms with E-state index >= 15 is 0 Å². The molecule has 0 radical (unpaired) electrons. The fraction of sp³-hybridized carbons (Fsp3) is 0.235. The lowest BCUT2D eigenvalue weighted by atomic mass is 10.2. The normalized spacial score (nSPS) is 10.6. The second kappa shape index (κ2) is 7.80. The van der Waals surface area contributed by atoms with E-state index in [-0.39, 0.29) is 12.5 Å². The Balaban J connectivity index is 1.38. The van der Waals surface area contributed by atoms with E-state index in [1.54, 1.807) is 16.0 Å². The quantitative estimate of drug-likeness (QED) is 0.516. The molecule has 1 aromatic carbocycles. The van der Waals surface area contributed by atoms with Crippen LogP contribution in [-0.2, 0) is 9.53 Å². The fourth-order valence-electron chi connectivity index (χ4n) is 2.19. The van der Waals surface area contributed by atoms with Gasteiger partial charge < -0.3 is 14.8 Å². The van der Waals surface area contributed by atoms with Crippen molar-refractivity contribution in [2.24, 2.45) is 0 Å². The summed E-state index contributed by atoms with van der Waals surface area (Å²) in [6.45, 7) is 2.31. The number of esters is 1. The lowest BCUT2D eigenvalue weighted by molar-refractivity contribution is -0.124. The molecular weight excluding hydrogens is 342 g/mol. The number of carbonyl (C=O) groups excluding carboxylic acids is 2. The van der Waals surface area contributed by atoms with Gasteiger partial charge in [0.05, 0.1) is 12.7 Å². The topological polar surface area (TPSA) is 81.9 Å². The third-order valence-corrected chi connectivity index (χ3v) is 4.27. The maximum atomic E-state index is 12.0. The maximum absolute atomic E-state index is 12.0. The van der Waals surface area contributed by atoms with Crippen molar-refractivity contribution in [1.29, 1.82) is 0 Å². The molecule has 0 spiro atoms. The average Bonchev–Trinajstić information content (AvgIpc) is 3.20. The van der Waals surface area contributed by atoms with Crippen LogP contribution in [0.15, 0.2) is 42.2 Å². The first-order valence-corrected chi connectivity index (χ1v) is 8.54. The number of benzene rings is 1. The van der Waals surface area contributed by atoms with E-state index < -0.39 is 5.97 Å². The summed E-state index contributed by atoms with van der Waals surface area (Å²) in [4.78, 5) is 28.5. The van der Waals surface area contributed by atoms with Gasteiger partial charge in [0.15, 0.2) is 6.61 Å². The number of ether oxygens (including phenoxy) is 2. The van der Waals surface area contributed by atoms with Crippen LogP contribution < -0.4 is 10.1 Å². The number of nitrogens with zero attached hydrogens (tertiary/aromatic N) is 2. The second-order valence-corrected chi connectivity index (χ2v) is 6.20. The van der Waals surface area contributed by atoms with Gasteiger partial charge in [-0.3, -0.25) is 9.20 Å². The van der Waals surface area contributed by atoms with Gasteiger partial charge >= 0.3 is 5.97 Å². The minimum Gasteiger partial charge on any atom is -0.492 e. The first-order chi connectivity index (χ1) is 12.1. The van der Waals surface area contributed by atoms with Gasteiger partial charge in [-0.15, -0.1) is 11.3 Å². The second-order valence-electron chi connectivity index (χ2n) is 5.31. The van der Waals surface area contributed by atoms with Crippen LogP contribution in [0.3, 0.4) is 0 Å². The Bertz CT molecular complexity index is 887. The molecule has 0 saturated carbocycles. The third-order valence-electron chi connectivity index (χ3n) is 3.38. The van der Waals surface area contributed by atoms with Crippen LogP contribution in [0.25, 0.3) is 4.83 Å². The fourth-order valence-corrected chi connectivity index (χ4v) is 3.01. The summed E-state index contributed by atoms with van der Waals surface area (Å²) in [5.41, 5.74) is 1.46. The molecule has 2 aromatic heterocycles. The average molecular weight is 359 g/mol. The molecule has 2 heterocycles. The molecule has 0 atom stereocenters. The lowest BCUT2D eigenvalue weighted by Crippen LogP contribution is -2.32. The van der Waals surface area contributed by atoms with Gasteiger partial charge in [0.1, 0.15) is 29.2 Å². The molecule has 3 aromatic rings. The van der Waals surface area contributed by atoms with Gasteiger partial charge in [-0.05, 0) is 24.6 Å². The predicted octanol–water partition coefficient (Wildman–Crippen LogP) is 2.06. The molecule has 1 amide bonds. The number of carbonyl (C=O) groups is 2. The number of imidazole rings is 1.